The number of para-hydroxylation sites is 1. The minimum Gasteiger partial charge on any atom is -0.397 e. The maximum absolute atomic E-state index is 12.9. The van der Waals surface area contributed by atoms with E-state index in [9.17, 15) is 4.79 Å². The second-order valence-electron chi connectivity index (χ2n) is 6.16. The first-order valence-electron chi connectivity index (χ1n) is 8.02. The molecule has 0 radical (unpaired) electrons. The quantitative estimate of drug-likeness (QED) is 0.670. The molecule has 0 saturated heterocycles. The predicted molar refractivity (Wildman–Crippen MR) is 101 cm³/mol. The Balaban J connectivity index is 2.12. The van der Waals surface area contributed by atoms with E-state index in [4.69, 9.17) is 5.73 Å². The molecule has 0 atom stereocenters. The zero-order chi connectivity index (χ0) is 18.1. The molecule has 2 aromatic rings. The summed E-state index contributed by atoms with van der Waals surface area (Å²) in [5.41, 5.74) is 10.1. The number of benzene rings is 1. The number of rotatable bonds is 2. The van der Waals surface area contributed by atoms with Crippen LogP contribution in [0.15, 0.2) is 64.0 Å². The number of nitrogens with zero attached hydrogens (tertiary/aromatic N) is 4. The monoisotopic (exact) mass is 336 g/mol. The summed E-state index contributed by atoms with van der Waals surface area (Å²) >= 11 is 0. The Kier molecular flexibility index (Phi) is 4.27. The van der Waals surface area contributed by atoms with E-state index in [2.05, 4.69) is 4.99 Å². The lowest BCUT2D eigenvalue weighted by Gasteiger charge is -2.07. The van der Waals surface area contributed by atoms with Crippen molar-refractivity contribution in [2.75, 3.05) is 14.1 Å². The highest BCUT2D eigenvalue weighted by atomic mass is 16.1. The Morgan fingerprint density at radius 1 is 1.12 bits per heavy atom. The Bertz CT molecular complexity index is 996. The van der Waals surface area contributed by atoms with Gasteiger partial charge in [0.05, 0.1) is 22.8 Å². The van der Waals surface area contributed by atoms with Crippen LogP contribution in [0.4, 0.5) is 5.69 Å². The van der Waals surface area contributed by atoms with E-state index >= 15 is 0 Å². The van der Waals surface area contributed by atoms with Crippen LogP contribution in [-0.4, -0.2) is 39.5 Å². The minimum absolute atomic E-state index is 0.165. The van der Waals surface area contributed by atoms with E-state index in [1.54, 1.807) is 9.36 Å². The molecule has 1 aliphatic rings. The van der Waals surface area contributed by atoms with Crippen LogP contribution in [-0.2, 0) is 7.05 Å². The molecule has 128 valence electrons. The van der Waals surface area contributed by atoms with Gasteiger partial charge in [0.25, 0.3) is 5.56 Å². The van der Waals surface area contributed by atoms with Crippen LogP contribution in [0.25, 0.3) is 5.69 Å². The first-order valence-corrected chi connectivity index (χ1v) is 8.02. The average molecular weight is 336 g/mol. The van der Waals surface area contributed by atoms with Crippen LogP contribution in [0.1, 0.15) is 5.69 Å². The summed E-state index contributed by atoms with van der Waals surface area (Å²) in [6.45, 7) is 1.88. The number of hydrogen-bond donors (Lipinski definition) is 1. The topological polar surface area (TPSA) is 68.3 Å². The average Bonchev–Trinajstić information content (AvgIpc) is 2.80. The van der Waals surface area contributed by atoms with Gasteiger partial charge in [-0.1, -0.05) is 18.2 Å². The first kappa shape index (κ1) is 16.7. The van der Waals surface area contributed by atoms with Gasteiger partial charge >= 0.3 is 0 Å². The second-order valence-corrected chi connectivity index (χ2v) is 6.16. The van der Waals surface area contributed by atoms with Crippen molar-refractivity contribution in [2.24, 2.45) is 17.8 Å². The third kappa shape index (κ3) is 2.98. The highest BCUT2D eigenvalue weighted by molar-refractivity contribution is 6.20. The number of aromatic nitrogens is 2. The highest BCUT2D eigenvalue weighted by Crippen LogP contribution is 2.18. The van der Waals surface area contributed by atoms with E-state index in [-0.39, 0.29) is 5.56 Å². The molecule has 1 aromatic heterocycles. The maximum Gasteiger partial charge on any atom is 0.297 e. The van der Waals surface area contributed by atoms with Crippen molar-refractivity contribution in [1.82, 2.24) is 9.36 Å². The molecule has 0 fully saturated rings. The molecule has 0 spiro atoms. The summed E-state index contributed by atoms with van der Waals surface area (Å²) in [6.07, 6.45) is 5.62. The summed E-state index contributed by atoms with van der Waals surface area (Å²) in [5.74, 6) is 0. The molecule has 2 N–H and O–H groups in total. The third-order valence-electron chi connectivity index (χ3n) is 4.28. The smallest absolute Gasteiger partial charge is 0.297 e. The van der Waals surface area contributed by atoms with Crippen molar-refractivity contribution >= 4 is 17.1 Å². The fraction of sp³-hybridized carbons (Fsp3) is 0.211. The highest BCUT2D eigenvalue weighted by Gasteiger charge is 2.18. The van der Waals surface area contributed by atoms with Gasteiger partial charge in [-0.15, -0.1) is 0 Å². The summed E-state index contributed by atoms with van der Waals surface area (Å²) < 4.78 is 5.38. The van der Waals surface area contributed by atoms with Gasteiger partial charge in [-0.25, -0.2) is 14.2 Å². The second kappa shape index (κ2) is 6.39. The van der Waals surface area contributed by atoms with E-state index in [0.717, 1.165) is 17.1 Å². The molecule has 0 saturated carbocycles. The molecule has 6 heteroatoms. The Hall–Kier alpha value is -3.15. The molecular formula is C19H22N5O+. The van der Waals surface area contributed by atoms with Crippen molar-refractivity contribution < 1.29 is 4.58 Å². The van der Waals surface area contributed by atoms with Gasteiger partial charge < -0.3 is 5.73 Å². The van der Waals surface area contributed by atoms with Crippen LogP contribution in [0, 0.1) is 6.92 Å². The van der Waals surface area contributed by atoms with E-state index in [1.165, 1.54) is 0 Å². The van der Waals surface area contributed by atoms with E-state index < -0.39 is 0 Å². The van der Waals surface area contributed by atoms with Crippen LogP contribution >= 0.6 is 0 Å². The van der Waals surface area contributed by atoms with Crippen molar-refractivity contribution in [1.29, 1.82) is 0 Å². The third-order valence-corrected chi connectivity index (χ3v) is 4.28. The van der Waals surface area contributed by atoms with Crippen LogP contribution < -0.4 is 11.3 Å². The summed E-state index contributed by atoms with van der Waals surface area (Å²) in [4.78, 5) is 17.5. The number of hydrogen-bond acceptors (Lipinski definition) is 3. The number of allylic oxidation sites excluding steroid dienone is 3. The lowest BCUT2D eigenvalue weighted by Crippen LogP contribution is -2.21. The molecule has 0 aliphatic heterocycles. The summed E-state index contributed by atoms with van der Waals surface area (Å²) in [7, 11) is 5.75. The first-order chi connectivity index (χ1) is 11.9. The molecule has 3 rings (SSSR count). The maximum atomic E-state index is 12.9. The Morgan fingerprint density at radius 3 is 2.40 bits per heavy atom. The zero-order valence-corrected chi connectivity index (χ0v) is 14.9. The van der Waals surface area contributed by atoms with Crippen molar-refractivity contribution in [3.05, 3.63) is 70.3 Å². The summed E-state index contributed by atoms with van der Waals surface area (Å²) in [5, 5.41) is 0. The van der Waals surface area contributed by atoms with Gasteiger partial charge in [0, 0.05) is 19.2 Å². The van der Waals surface area contributed by atoms with Crippen LogP contribution in [0.5, 0.6) is 0 Å². The summed E-state index contributed by atoms with van der Waals surface area (Å²) in [6, 6.07) is 9.51. The van der Waals surface area contributed by atoms with Crippen LogP contribution in [0.2, 0.25) is 0 Å². The standard InChI is InChI=1S/C19H21N5O/c1-13-18(21-17-11-10-15(22(2)3)12-16(17)20)19(25)24(23(13)4)14-8-6-5-7-9-14/h5-12,20H,1-4H3/p+1. The number of aliphatic imine (C=N–C) groups is 1. The Morgan fingerprint density at radius 2 is 1.80 bits per heavy atom. The molecular weight excluding hydrogens is 314 g/mol. The van der Waals surface area contributed by atoms with Gasteiger partial charge in [0.1, 0.15) is 14.1 Å². The largest absolute Gasteiger partial charge is 0.397 e. The van der Waals surface area contributed by atoms with Crippen molar-refractivity contribution in [3.63, 3.8) is 0 Å². The van der Waals surface area contributed by atoms with Crippen molar-refractivity contribution in [2.45, 2.75) is 6.92 Å². The fourth-order valence-electron chi connectivity index (χ4n) is 2.73. The molecule has 0 amide bonds. The molecule has 6 nitrogen and oxygen atoms in total. The zero-order valence-electron chi connectivity index (χ0n) is 14.9. The molecule has 0 bridgehead atoms. The fourth-order valence-corrected chi connectivity index (χ4v) is 2.73. The van der Waals surface area contributed by atoms with Gasteiger partial charge in [0.2, 0.25) is 5.71 Å². The normalized spacial score (nSPS) is 15.6. The SMILES string of the molecule is Cc1c(N=C2C=CC(=[N+](C)C)C=C2N)c(=O)n(-c2ccccc2)n1C. The van der Waals surface area contributed by atoms with Crippen LogP contribution in [0.3, 0.4) is 0 Å². The van der Waals surface area contributed by atoms with Gasteiger partial charge in [-0.3, -0.25) is 9.48 Å². The predicted octanol–water partition coefficient (Wildman–Crippen LogP) is 1.68. The molecule has 1 aliphatic carbocycles. The van der Waals surface area contributed by atoms with E-state index in [0.29, 0.717) is 17.1 Å². The Labute approximate surface area is 146 Å². The molecule has 1 aromatic carbocycles. The lowest BCUT2D eigenvalue weighted by atomic mass is 10.1. The molecule has 0 unspecified atom stereocenters. The minimum atomic E-state index is -0.165. The van der Waals surface area contributed by atoms with Gasteiger partial charge in [0.15, 0.2) is 5.69 Å². The molecule has 1 heterocycles. The van der Waals surface area contributed by atoms with Crippen molar-refractivity contribution in [3.8, 4) is 5.69 Å². The molecule has 25 heavy (non-hydrogen) atoms. The number of nitrogens with two attached hydrogens (primary N) is 1. The van der Waals surface area contributed by atoms with Gasteiger partial charge in [-0.05, 0) is 25.1 Å². The van der Waals surface area contributed by atoms with E-state index in [1.807, 2.05) is 81.2 Å². The van der Waals surface area contributed by atoms with Gasteiger partial charge in [-0.2, -0.15) is 0 Å². The lowest BCUT2D eigenvalue weighted by molar-refractivity contribution is -0.462.